The fourth-order valence-electron chi connectivity index (χ4n) is 3.42. The minimum absolute atomic E-state index is 0.295. The number of ether oxygens (including phenoxy) is 1. The van der Waals surface area contributed by atoms with Crippen molar-refractivity contribution in [1.82, 2.24) is 4.90 Å². The Morgan fingerprint density at radius 3 is 2.52 bits per heavy atom. The molecule has 2 rings (SSSR count). The van der Waals surface area contributed by atoms with Crippen molar-refractivity contribution < 1.29 is 9.53 Å². The number of piperidine rings is 1. The molecule has 0 radical (unpaired) electrons. The number of carbonyl (C=O) groups excluding carboxylic acids is 1. The summed E-state index contributed by atoms with van der Waals surface area (Å²) < 4.78 is 4.96. The van der Waals surface area contributed by atoms with Crippen LogP contribution in [0.5, 0.6) is 0 Å². The maximum atomic E-state index is 12.2. The maximum absolute atomic E-state index is 12.2. The molecule has 1 fully saturated rings. The highest BCUT2D eigenvalue weighted by Crippen LogP contribution is 2.34. The lowest BCUT2D eigenvalue weighted by atomic mass is 9.92. The molecule has 1 aliphatic heterocycles. The van der Waals surface area contributed by atoms with E-state index in [0.717, 1.165) is 35.0 Å². The molecule has 1 saturated heterocycles. The second-order valence-corrected chi connectivity index (χ2v) is 8.08. The van der Waals surface area contributed by atoms with Gasteiger partial charge < -0.3 is 15.0 Å². The third kappa shape index (κ3) is 4.04. The molecule has 0 saturated carbocycles. The summed E-state index contributed by atoms with van der Waals surface area (Å²) in [5, 5.41) is 4.82. The number of rotatable bonds is 3. The van der Waals surface area contributed by atoms with E-state index in [1.54, 1.807) is 11.3 Å². The van der Waals surface area contributed by atoms with Gasteiger partial charge in [0, 0.05) is 18.0 Å². The molecule has 0 bridgehead atoms. The quantitative estimate of drug-likeness (QED) is 0.654. The van der Waals surface area contributed by atoms with Crippen molar-refractivity contribution in [2.24, 2.45) is 11.8 Å². The summed E-state index contributed by atoms with van der Waals surface area (Å²) in [5.74, 6) is 0.974. The Morgan fingerprint density at radius 2 is 2.00 bits per heavy atom. The van der Waals surface area contributed by atoms with Crippen LogP contribution in [0.15, 0.2) is 0 Å². The number of nitrogens with one attached hydrogen (secondary N) is 1. The van der Waals surface area contributed by atoms with E-state index in [4.69, 9.17) is 17.0 Å². The van der Waals surface area contributed by atoms with Gasteiger partial charge in [-0.25, -0.2) is 4.79 Å². The van der Waals surface area contributed by atoms with E-state index >= 15 is 0 Å². The number of nitrogens with zero attached hydrogens (tertiary/aromatic N) is 1. The van der Waals surface area contributed by atoms with Crippen molar-refractivity contribution in [3.05, 3.63) is 16.0 Å². The summed E-state index contributed by atoms with van der Waals surface area (Å²) in [5.41, 5.74) is 1.69. The molecule has 0 spiro atoms. The van der Waals surface area contributed by atoms with Crippen molar-refractivity contribution in [1.29, 1.82) is 0 Å². The van der Waals surface area contributed by atoms with Gasteiger partial charge in [0.15, 0.2) is 5.11 Å². The second kappa shape index (κ2) is 7.62. The highest BCUT2D eigenvalue weighted by atomic mass is 32.1. The van der Waals surface area contributed by atoms with Crippen LogP contribution in [0.25, 0.3) is 0 Å². The van der Waals surface area contributed by atoms with Gasteiger partial charge in [0.1, 0.15) is 5.00 Å². The normalized spacial score (nSPS) is 21.2. The molecule has 1 aliphatic rings. The Morgan fingerprint density at radius 1 is 1.39 bits per heavy atom. The molecular weight excluding hydrogens is 328 g/mol. The number of hydrogen-bond acceptors (Lipinski definition) is 4. The first kappa shape index (κ1) is 18.2. The average Bonchev–Trinajstić information content (AvgIpc) is 2.80. The van der Waals surface area contributed by atoms with Gasteiger partial charge in [-0.15, -0.1) is 11.3 Å². The first-order valence-corrected chi connectivity index (χ1v) is 9.36. The van der Waals surface area contributed by atoms with Gasteiger partial charge in [-0.3, -0.25) is 0 Å². The molecule has 2 heterocycles. The molecule has 128 valence electrons. The van der Waals surface area contributed by atoms with Crippen LogP contribution in [0.2, 0.25) is 0 Å². The lowest BCUT2D eigenvalue weighted by Crippen LogP contribution is -2.44. The number of hydrogen-bond donors (Lipinski definition) is 1. The predicted molar refractivity (Wildman–Crippen MR) is 101 cm³/mol. The fourth-order valence-corrected chi connectivity index (χ4v) is 4.86. The standard InChI is InChI=1S/C17H26N2O2S2/c1-6-13-12(4)23-15(14(13)16(20)21-5)18-17(22)19-8-10(2)7-11(3)9-19/h10-11H,6-9H2,1-5H3,(H,18,22)/t10-,11-/m0/s1. The molecule has 0 aliphatic carbocycles. The van der Waals surface area contributed by atoms with Crippen LogP contribution in [0.1, 0.15) is 48.0 Å². The first-order chi connectivity index (χ1) is 10.9. The summed E-state index contributed by atoms with van der Waals surface area (Å²) in [6.45, 7) is 10.5. The zero-order valence-corrected chi connectivity index (χ0v) is 16.2. The van der Waals surface area contributed by atoms with E-state index in [1.807, 2.05) is 6.92 Å². The summed E-state index contributed by atoms with van der Waals surface area (Å²) >= 11 is 7.18. The lowest BCUT2D eigenvalue weighted by Gasteiger charge is -2.36. The molecule has 23 heavy (non-hydrogen) atoms. The molecule has 0 aromatic carbocycles. The average molecular weight is 355 g/mol. The smallest absolute Gasteiger partial charge is 0.341 e. The SMILES string of the molecule is CCc1c(C)sc(NC(=S)N2C[C@@H](C)C[C@H](C)C2)c1C(=O)OC. The number of thiocarbonyl (C=S) groups is 1. The monoisotopic (exact) mass is 354 g/mol. The number of esters is 1. The Hall–Kier alpha value is -1.14. The third-order valence-corrected chi connectivity index (χ3v) is 5.75. The molecule has 0 amide bonds. The second-order valence-electron chi connectivity index (χ2n) is 6.47. The molecule has 0 unspecified atom stereocenters. The number of likely N-dealkylation sites (tertiary alicyclic amines) is 1. The third-order valence-electron chi connectivity index (χ3n) is 4.33. The molecule has 4 nitrogen and oxygen atoms in total. The van der Waals surface area contributed by atoms with E-state index in [1.165, 1.54) is 13.5 Å². The molecule has 1 aromatic heterocycles. The van der Waals surface area contributed by atoms with Crippen molar-refractivity contribution in [3.63, 3.8) is 0 Å². The fraction of sp³-hybridized carbons (Fsp3) is 0.647. The minimum atomic E-state index is -0.295. The van der Waals surface area contributed by atoms with E-state index in [-0.39, 0.29) is 5.97 Å². The Labute approximate surface area is 148 Å². The Kier molecular flexibility index (Phi) is 6.03. The van der Waals surface area contributed by atoms with E-state index < -0.39 is 0 Å². The van der Waals surface area contributed by atoms with Gasteiger partial charge in [0.25, 0.3) is 0 Å². The van der Waals surface area contributed by atoms with Crippen LogP contribution in [0.4, 0.5) is 5.00 Å². The van der Waals surface area contributed by atoms with Gasteiger partial charge in [-0.05, 0) is 49.4 Å². The van der Waals surface area contributed by atoms with Crippen molar-refractivity contribution in [2.45, 2.75) is 40.5 Å². The van der Waals surface area contributed by atoms with Crippen LogP contribution < -0.4 is 5.32 Å². The van der Waals surface area contributed by atoms with E-state index in [2.05, 4.69) is 31.0 Å². The minimum Gasteiger partial charge on any atom is -0.465 e. The Balaban J connectivity index is 2.22. The van der Waals surface area contributed by atoms with Crippen LogP contribution in [-0.4, -0.2) is 36.2 Å². The maximum Gasteiger partial charge on any atom is 0.341 e. The number of aryl methyl sites for hydroxylation is 1. The van der Waals surface area contributed by atoms with E-state index in [9.17, 15) is 4.79 Å². The summed E-state index contributed by atoms with van der Waals surface area (Å²) in [4.78, 5) is 15.5. The Bertz CT molecular complexity index is 588. The summed E-state index contributed by atoms with van der Waals surface area (Å²) in [6.07, 6.45) is 2.05. The van der Waals surface area contributed by atoms with Crippen LogP contribution in [-0.2, 0) is 11.2 Å². The van der Waals surface area contributed by atoms with Gasteiger partial charge in [-0.1, -0.05) is 20.8 Å². The highest BCUT2D eigenvalue weighted by molar-refractivity contribution is 7.80. The molecule has 1 aromatic rings. The zero-order valence-electron chi connectivity index (χ0n) is 14.6. The van der Waals surface area contributed by atoms with Gasteiger partial charge in [0.05, 0.1) is 12.7 Å². The molecule has 1 N–H and O–H groups in total. The molecule has 2 atom stereocenters. The zero-order chi connectivity index (χ0) is 17.1. The van der Waals surface area contributed by atoms with Crippen LogP contribution in [0, 0.1) is 18.8 Å². The van der Waals surface area contributed by atoms with Gasteiger partial charge in [0.2, 0.25) is 0 Å². The predicted octanol–water partition coefficient (Wildman–Crippen LogP) is 4.08. The number of thiophene rings is 1. The van der Waals surface area contributed by atoms with Gasteiger partial charge in [-0.2, -0.15) is 0 Å². The number of methoxy groups -OCH3 is 1. The molecular formula is C17H26N2O2S2. The topological polar surface area (TPSA) is 41.6 Å². The number of carbonyl (C=O) groups is 1. The van der Waals surface area contributed by atoms with Gasteiger partial charge >= 0.3 is 5.97 Å². The summed E-state index contributed by atoms with van der Waals surface area (Å²) in [7, 11) is 1.42. The van der Waals surface area contributed by atoms with E-state index in [0.29, 0.717) is 22.5 Å². The van der Waals surface area contributed by atoms with Crippen molar-refractivity contribution in [3.8, 4) is 0 Å². The molecule has 6 heteroatoms. The first-order valence-electron chi connectivity index (χ1n) is 8.13. The van der Waals surface area contributed by atoms with Crippen molar-refractivity contribution >= 4 is 39.6 Å². The van der Waals surface area contributed by atoms with Crippen molar-refractivity contribution in [2.75, 3.05) is 25.5 Å². The number of anilines is 1. The van der Waals surface area contributed by atoms with Crippen LogP contribution >= 0.6 is 23.6 Å². The largest absolute Gasteiger partial charge is 0.465 e. The lowest BCUT2D eigenvalue weighted by molar-refractivity contribution is 0.0601. The summed E-state index contributed by atoms with van der Waals surface area (Å²) in [6, 6.07) is 0. The van der Waals surface area contributed by atoms with Crippen LogP contribution in [0.3, 0.4) is 0 Å². The highest BCUT2D eigenvalue weighted by Gasteiger charge is 2.26.